The van der Waals surface area contributed by atoms with E-state index in [0.717, 1.165) is 64.0 Å². The molecule has 5 nitrogen and oxygen atoms in total. The van der Waals surface area contributed by atoms with E-state index < -0.39 is 0 Å². The first-order valence-corrected chi connectivity index (χ1v) is 10.5. The fourth-order valence-electron chi connectivity index (χ4n) is 5.26. The van der Waals surface area contributed by atoms with Gasteiger partial charge in [0.05, 0.1) is 6.10 Å². The molecule has 1 N–H and O–H groups in total. The summed E-state index contributed by atoms with van der Waals surface area (Å²) < 4.78 is 19.1. The minimum Gasteiger partial charge on any atom is -0.392 e. The third-order valence-corrected chi connectivity index (χ3v) is 6.90. The van der Waals surface area contributed by atoms with Crippen LogP contribution in [-0.2, 0) is 4.74 Å². The van der Waals surface area contributed by atoms with E-state index in [4.69, 9.17) is 4.74 Å². The van der Waals surface area contributed by atoms with Crippen LogP contribution in [-0.4, -0.2) is 72.4 Å². The second kappa shape index (κ2) is 8.09. The molecule has 6 heteroatoms. The van der Waals surface area contributed by atoms with Gasteiger partial charge >= 0.3 is 0 Å². The number of halogens is 1. The Morgan fingerprint density at radius 3 is 2.68 bits per heavy atom. The second-order valence-electron chi connectivity index (χ2n) is 8.88. The van der Waals surface area contributed by atoms with Crippen molar-refractivity contribution in [3.8, 4) is 0 Å². The molecule has 4 rings (SSSR count). The first kappa shape index (κ1) is 19.8. The van der Waals surface area contributed by atoms with Crippen molar-refractivity contribution in [3.63, 3.8) is 0 Å². The van der Waals surface area contributed by atoms with Gasteiger partial charge < -0.3 is 14.7 Å². The Balaban J connectivity index is 1.42. The van der Waals surface area contributed by atoms with Gasteiger partial charge in [0.15, 0.2) is 0 Å². The summed E-state index contributed by atoms with van der Waals surface area (Å²) in [7, 11) is 0. The van der Waals surface area contributed by atoms with E-state index in [0.29, 0.717) is 24.7 Å². The Hall–Kier alpha value is -1.50. The van der Waals surface area contributed by atoms with Gasteiger partial charge in [0.2, 0.25) is 0 Å². The van der Waals surface area contributed by atoms with Crippen molar-refractivity contribution in [2.45, 2.75) is 51.2 Å². The Kier molecular flexibility index (Phi) is 5.72. The number of aryl methyl sites for hydroxylation is 1. The molecule has 0 aliphatic carbocycles. The number of carbonyl (C=O) groups excluding carboxylic acids is 1. The summed E-state index contributed by atoms with van der Waals surface area (Å²) in [5.41, 5.74) is 1.35. The SMILES string of the molecule is Cc1ccc(F)cc1C(=O)N1CCC2(CC1)CC(O)CN(C1CCOCC1)C2. The smallest absolute Gasteiger partial charge is 0.254 e. The average molecular weight is 390 g/mol. The lowest BCUT2D eigenvalue weighted by atomic mass is 9.71. The minimum atomic E-state index is -0.370. The third kappa shape index (κ3) is 4.09. The molecule has 0 radical (unpaired) electrons. The summed E-state index contributed by atoms with van der Waals surface area (Å²) in [5.74, 6) is -0.450. The Morgan fingerprint density at radius 1 is 1.25 bits per heavy atom. The van der Waals surface area contributed by atoms with Crippen molar-refractivity contribution in [1.29, 1.82) is 0 Å². The Labute approximate surface area is 166 Å². The van der Waals surface area contributed by atoms with E-state index in [1.54, 1.807) is 6.07 Å². The summed E-state index contributed by atoms with van der Waals surface area (Å²) >= 11 is 0. The van der Waals surface area contributed by atoms with Gasteiger partial charge in [-0.3, -0.25) is 9.69 Å². The molecular formula is C22H31FN2O3. The van der Waals surface area contributed by atoms with Gasteiger partial charge in [0, 0.05) is 51.0 Å². The highest BCUT2D eigenvalue weighted by atomic mass is 19.1. The molecule has 1 atom stereocenters. The lowest BCUT2D eigenvalue weighted by molar-refractivity contribution is -0.0695. The van der Waals surface area contributed by atoms with Crippen molar-refractivity contribution in [1.82, 2.24) is 9.80 Å². The lowest BCUT2D eigenvalue weighted by Crippen LogP contribution is -2.57. The maximum atomic E-state index is 13.6. The minimum absolute atomic E-state index is 0.0731. The van der Waals surface area contributed by atoms with Gasteiger partial charge in [-0.2, -0.15) is 0 Å². The van der Waals surface area contributed by atoms with Crippen molar-refractivity contribution in [2.24, 2.45) is 5.41 Å². The van der Waals surface area contributed by atoms with Crippen molar-refractivity contribution in [3.05, 3.63) is 35.1 Å². The molecule has 1 unspecified atom stereocenters. The molecule has 1 amide bonds. The number of aliphatic hydroxyl groups is 1. The van der Waals surface area contributed by atoms with Crippen LogP contribution in [0.15, 0.2) is 18.2 Å². The number of piperidine rings is 2. The quantitative estimate of drug-likeness (QED) is 0.844. The van der Waals surface area contributed by atoms with Crippen molar-refractivity contribution < 1.29 is 19.0 Å². The second-order valence-corrected chi connectivity index (χ2v) is 8.88. The zero-order valence-corrected chi connectivity index (χ0v) is 16.7. The molecule has 0 saturated carbocycles. The van der Waals surface area contributed by atoms with E-state index in [2.05, 4.69) is 4.90 Å². The number of hydrogen-bond donors (Lipinski definition) is 1. The molecule has 0 bridgehead atoms. The van der Waals surface area contributed by atoms with Crippen LogP contribution < -0.4 is 0 Å². The number of hydrogen-bond acceptors (Lipinski definition) is 4. The molecule has 3 aliphatic heterocycles. The number of likely N-dealkylation sites (tertiary alicyclic amines) is 2. The fraction of sp³-hybridized carbons (Fsp3) is 0.682. The molecular weight excluding hydrogens is 359 g/mol. The van der Waals surface area contributed by atoms with E-state index in [-0.39, 0.29) is 23.2 Å². The highest BCUT2D eigenvalue weighted by Crippen LogP contribution is 2.41. The largest absolute Gasteiger partial charge is 0.392 e. The number of benzene rings is 1. The third-order valence-electron chi connectivity index (χ3n) is 6.90. The molecule has 1 spiro atoms. The normalized spacial score (nSPS) is 26.5. The first-order valence-electron chi connectivity index (χ1n) is 10.5. The van der Waals surface area contributed by atoms with Crippen LogP contribution in [0.5, 0.6) is 0 Å². The molecule has 3 fully saturated rings. The summed E-state index contributed by atoms with van der Waals surface area (Å²) in [6.07, 6.45) is 4.37. The number of amides is 1. The maximum absolute atomic E-state index is 13.6. The predicted octanol–water partition coefficient (Wildman–Crippen LogP) is 2.60. The van der Waals surface area contributed by atoms with Gasteiger partial charge in [-0.05, 0) is 62.1 Å². The molecule has 3 aliphatic rings. The Bertz CT molecular complexity index is 712. The van der Waals surface area contributed by atoms with Crippen LogP contribution in [0.4, 0.5) is 4.39 Å². The van der Waals surface area contributed by atoms with Gasteiger partial charge in [0.1, 0.15) is 5.82 Å². The summed E-state index contributed by atoms with van der Waals surface area (Å²) in [5, 5.41) is 10.6. The van der Waals surface area contributed by atoms with Gasteiger partial charge in [0.25, 0.3) is 5.91 Å². The number of ether oxygens (including phenoxy) is 1. The number of carbonyl (C=O) groups is 1. The fourth-order valence-corrected chi connectivity index (χ4v) is 5.26. The first-order chi connectivity index (χ1) is 13.5. The monoisotopic (exact) mass is 390 g/mol. The van der Waals surface area contributed by atoms with Gasteiger partial charge in [-0.1, -0.05) is 6.07 Å². The number of rotatable bonds is 2. The number of β-amino-alcohol motifs (C(OH)–C–C–N with tert-alkyl or cyclic N) is 1. The topological polar surface area (TPSA) is 53.0 Å². The standard InChI is InChI=1S/C22H31FN2O3/c1-16-2-3-17(23)12-20(16)21(27)24-8-6-22(7-9-24)13-19(26)14-25(15-22)18-4-10-28-11-5-18/h2-3,12,18-19,26H,4-11,13-15H2,1H3. The zero-order valence-electron chi connectivity index (χ0n) is 16.7. The molecule has 3 heterocycles. The van der Waals surface area contributed by atoms with Crippen LogP contribution >= 0.6 is 0 Å². The van der Waals surface area contributed by atoms with Gasteiger partial charge in [-0.15, -0.1) is 0 Å². The number of aliphatic hydroxyl groups excluding tert-OH is 1. The van der Waals surface area contributed by atoms with Crippen LogP contribution in [0, 0.1) is 18.2 Å². The zero-order chi connectivity index (χ0) is 19.7. The summed E-state index contributed by atoms with van der Waals surface area (Å²) in [4.78, 5) is 17.2. The number of nitrogens with zero attached hydrogens (tertiary/aromatic N) is 2. The molecule has 1 aromatic rings. The highest BCUT2D eigenvalue weighted by Gasteiger charge is 2.44. The predicted molar refractivity (Wildman–Crippen MR) is 105 cm³/mol. The van der Waals surface area contributed by atoms with Crippen molar-refractivity contribution >= 4 is 5.91 Å². The van der Waals surface area contributed by atoms with Crippen LogP contribution in [0.1, 0.15) is 48.0 Å². The summed E-state index contributed by atoms with van der Waals surface area (Å²) in [6, 6.07) is 4.90. The lowest BCUT2D eigenvalue weighted by Gasteiger charge is -2.51. The molecule has 154 valence electrons. The molecule has 1 aromatic carbocycles. The van der Waals surface area contributed by atoms with Crippen LogP contribution in [0.2, 0.25) is 0 Å². The van der Waals surface area contributed by atoms with E-state index in [9.17, 15) is 14.3 Å². The molecule has 28 heavy (non-hydrogen) atoms. The van der Waals surface area contributed by atoms with Crippen LogP contribution in [0.3, 0.4) is 0 Å². The van der Waals surface area contributed by atoms with E-state index in [1.165, 1.54) is 12.1 Å². The summed E-state index contributed by atoms with van der Waals surface area (Å²) in [6.45, 7) is 6.54. The van der Waals surface area contributed by atoms with E-state index >= 15 is 0 Å². The van der Waals surface area contributed by atoms with Gasteiger partial charge in [-0.25, -0.2) is 4.39 Å². The maximum Gasteiger partial charge on any atom is 0.254 e. The van der Waals surface area contributed by atoms with E-state index in [1.807, 2.05) is 11.8 Å². The average Bonchev–Trinajstić information content (AvgIpc) is 2.70. The van der Waals surface area contributed by atoms with Crippen molar-refractivity contribution in [2.75, 3.05) is 39.4 Å². The highest BCUT2D eigenvalue weighted by molar-refractivity contribution is 5.95. The Morgan fingerprint density at radius 2 is 1.96 bits per heavy atom. The molecule has 3 saturated heterocycles. The van der Waals surface area contributed by atoms with Crippen LogP contribution in [0.25, 0.3) is 0 Å². The molecule has 0 aromatic heterocycles.